The third kappa shape index (κ3) is 3.92. The summed E-state index contributed by atoms with van der Waals surface area (Å²) >= 11 is 5.92. The van der Waals surface area contributed by atoms with Crippen molar-refractivity contribution in [2.75, 3.05) is 27.3 Å². The average molecular weight is 279 g/mol. The van der Waals surface area contributed by atoms with Gasteiger partial charge >= 0.3 is 0 Å². The van der Waals surface area contributed by atoms with Crippen LogP contribution in [0.2, 0.25) is 0 Å². The van der Waals surface area contributed by atoms with Gasteiger partial charge in [0.1, 0.15) is 4.90 Å². The Hall–Kier alpha value is -0.690. The lowest BCUT2D eigenvalue weighted by Crippen LogP contribution is -2.34. The van der Waals surface area contributed by atoms with Crippen LogP contribution in [0.4, 0.5) is 0 Å². The summed E-state index contributed by atoms with van der Waals surface area (Å²) in [6.07, 6.45) is 2.83. The fraction of sp³-hybridized carbons (Fsp3) is 0.500. The predicted molar refractivity (Wildman–Crippen MR) is 65.6 cm³/mol. The molecule has 7 heteroatoms. The molecular weight excluding hydrogens is 264 g/mol. The highest BCUT2D eigenvalue weighted by molar-refractivity contribution is 7.89. The van der Waals surface area contributed by atoms with Crippen molar-refractivity contribution in [2.24, 2.45) is 0 Å². The van der Waals surface area contributed by atoms with Gasteiger partial charge in [-0.1, -0.05) is 0 Å². The number of rotatable bonds is 6. The van der Waals surface area contributed by atoms with Gasteiger partial charge in [-0.2, -0.15) is 4.31 Å². The van der Waals surface area contributed by atoms with Crippen LogP contribution < -0.4 is 0 Å². The predicted octanol–water partition coefficient (Wildman–Crippen LogP) is 0.956. The fourth-order valence-electron chi connectivity index (χ4n) is 1.29. The molecule has 1 aromatic rings. The lowest BCUT2D eigenvalue weighted by Gasteiger charge is -2.19. The second-order valence-corrected chi connectivity index (χ2v) is 6.19. The summed E-state index contributed by atoms with van der Waals surface area (Å²) in [4.78, 5) is 3.94. The van der Waals surface area contributed by atoms with Gasteiger partial charge in [0.25, 0.3) is 0 Å². The van der Waals surface area contributed by atoms with E-state index in [1.54, 1.807) is 6.07 Å². The monoisotopic (exact) mass is 278 g/mol. The van der Waals surface area contributed by atoms with Gasteiger partial charge in [0.15, 0.2) is 0 Å². The second kappa shape index (κ2) is 6.30. The number of methoxy groups -OCH3 is 1. The van der Waals surface area contributed by atoms with Crippen LogP contribution in [-0.2, 0) is 14.8 Å². The van der Waals surface area contributed by atoms with Crippen molar-refractivity contribution in [3.63, 3.8) is 0 Å². The topological polar surface area (TPSA) is 59.5 Å². The minimum absolute atomic E-state index is 0.156. The molecule has 0 saturated carbocycles. The van der Waals surface area contributed by atoms with Crippen LogP contribution >= 0.6 is 11.6 Å². The first-order valence-electron chi connectivity index (χ1n) is 4.98. The van der Waals surface area contributed by atoms with E-state index in [2.05, 4.69) is 4.98 Å². The van der Waals surface area contributed by atoms with Gasteiger partial charge in [-0.3, -0.25) is 4.98 Å². The molecule has 1 aromatic heterocycles. The molecule has 96 valence electrons. The maximum absolute atomic E-state index is 12.1. The zero-order valence-electron chi connectivity index (χ0n) is 9.71. The summed E-state index contributed by atoms with van der Waals surface area (Å²) in [5, 5.41) is -0.378. The van der Waals surface area contributed by atoms with Crippen molar-refractivity contribution in [3.05, 3.63) is 24.5 Å². The van der Waals surface area contributed by atoms with Crippen LogP contribution in [0.15, 0.2) is 29.4 Å². The number of nitrogens with zero attached hydrogens (tertiary/aromatic N) is 2. The molecule has 0 N–H and O–H groups in total. The van der Waals surface area contributed by atoms with Crippen LogP contribution in [0.1, 0.15) is 0 Å². The molecule has 1 atom stereocenters. The van der Waals surface area contributed by atoms with Gasteiger partial charge < -0.3 is 4.74 Å². The summed E-state index contributed by atoms with van der Waals surface area (Å²) in [5.41, 5.74) is 0. The number of aromatic nitrogens is 1. The quantitative estimate of drug-likeness (QED) is 0.727. The maximum atomic E-state index is 12.1. The largest absolute Gasteiger partial charge is 0.383 e. The van der Waals surface area contributed by atoms with Crippen LogP contribution in [-0.4, -0.2) is 50.4 Å². The molecule has 0 aliphatic rings. The van der Waals surface area contributed by atoms with E-state index in [1.807, 2.05) is 0 Å². The maximum Gasteiger partial charge on any atom is 0.244 e. The molecule has 17 heavy (non-hydrogen) atoms. The standard InChI is InChI=1S/C10H15ClN2O3S/c1-13(7-9(11)8-16-2)17(14,15)10-4-3-5-12-6-10/h3-6,9H,7-8H2,1-2H3. The van der Waals surface area contributed by atoms with E-state index in [4.69, 9.17) is 16.3 Å². The van der Waals surface area contributed by atoms with E-state index in [0.717, 1.165) is 0 Å². The fourth-order valence-corrected chi connectivity index (χ4v) is 2.89. The van der Waals surface area contributed by atoms with E-state index in [9.17, 15) is 8.42 Å². The molecular formula is C10H15ClN2O3S. The summed E-state index contributed by atoms with van der Waals surface area (Å²) in [7, 11) is -0.523. The van der Waals surface area contributed by atoms with E-state index in [0.29, 0.717) is 6.61 Å². The Morgan fingerprint density at radius 2 is 2.29 bits per heavy atom. The number of sulfonamides is 1. The first-order valence-corrected chi connectivity index (χ1v) is 6.85. The molecule has 0 aliphatic carbocycles. The van der Waals surface area contributed by atoms with Crippen molar-refractivity contribution in [3.8, 4) is 0 Å². The molecule has 0 bridgehead atoms. The van der Waals surface area contributed by atoms with Crippen molar-refractivity contribution in [1.82, 2.24) is 9.29 Å². The number of ether oxygens (including phenoxy) is 1. The zero-order valence-corrected chi connectivity index (χ0v) is 11.3. The minimum Gasteiger partial charge on any atom is -0.383 e. The van der Waals surface area contributed by atoms with E-state index in [-0.39, 0.29) is 16.8 Å². The Labute approximate surface area is 106 Å². The molecule has 0 fully saturated rings. The Kier molecular flexibility index (Phi) is 5.32. The number of hydrogen-bond acceptors (Lipinski definition) is 4. The minimum atomic E-state index is -3.52. The lowest BCUT2D eigenvalue weighted by molar-refractivity contribution is 0.192. The molecule has 0 aliphatic heterocycles. The van der Waals surface area contributed by atoms with Gasteiger partial charge in [0.05, 0.1) is 12.0 Å². The van der Waals surface area contributed by atoms with Crippen LogP contribution in [0.5, 0.6) is 0 Å². The Bertz CT molecular complexity index is 438. The average Bonchev–Trinajstić information content (AvgIpc) is 2.30. The molecule has 0 saturated heterocycles. The smallest absolute Gasteiger partial charge is 0.244 e. The van der Waals surface area contributed by atoms with Crippen molar-refractivity contribution in [1.29, 1.82) is 0 Å². The Morgan fingerprint density at radius 3 is 2.82 bits per heavy atom. The van der Waals surface area contributed by atoms with Crippen LogP contribution in [0.3, 0.4) is 0 Å². The number of alkyl halides is 1. The normalized spacial score (nSPS) is 13.9. The highest BCUT2D eigenvalue weighted by atomic mass is 35.5. The first kappa shape index (κ1) is 14.4. The number of pyridine rings is 1. The molecule has 1 unspecified atom stereocenters. The SMILES string of the molecule is COCC(Cl)CN(C)S(=O)(=O)c1cccnc1. The summed E-state index contributed by atoms with van der Waals surface area (Å²) in [6, 6.07) is 3.08. The zero-order chi connectivity index (χ0) is 12.9. The van der Waals surface area contributed by atoms with Gasteiger partial charge in [-0.05, 0) is 12.1 Å². The summed E-state index contributed by atoms with van der Waals surface area (Å²) in [6.45, 7) is 0.487. The molecule has 0 amide bonds. The highest BCUT2D eigenvalue weighted by Gasteiger charge is 2.22. The first-order chi connectivity index (χ1) is 7.98. The van der Waals surface area contributed by atoms with E-state index < -0.39 is 10.0 Å². The second-order valence-electron chi connectivity index (χ2n) is 3.53. The number of hydrogen-bond donors (Lipinski definition) is 0. The molecule has 0 spiro atoms. The Balaban J connectivity index is 2.78. The van der Waals surface area contributed by atoms with Gasteiger partial charge in [-0.15, -0.1) is 11.6 Å². The molecule has 1 rings (SSSR count). The van der Waals surface area contributed by atoms with Gasteiger partial charge in [0.2, 0.25) is 10.0 Å². The van der Waals surface area contributed by atoms with Crippen molar-refractivity contribution in [2.45, 2.75) is 10.3 Å². The number of halogens is 1. The molecule has 0 aromatic carbocycles. The highest BCUT2D eigenvalue weighted by Crippen LogP contribution is 2.13. The molecule has 0 radical (unpaired) electrons. The van der Waals surface area contributed by atoms with Crippen molar-refractivity contribution >= 4 is 21.6 Å². The van der Waals surface area contributed by atoms with Gasteiger partial charge in [-0.25, -0.2) is 8.42 Å². The van der Waals surface area contributed by atoms with Crippen molar-refractivity contribution < 1.29 is 13.2 Å². The third-order valence-corrected chi connectivity index (χ3v) is 4.22. The summed E-state index contributed by atoms with van der Waals surface area (Å²) < 4.78 is 30.2. The van der Waals surface area contributed by atoms with Gasteiger partial charge in [0, 0.05) is 33.1 Å². The molecule has 1 heterocycles. The van der Waals surface area contributed by atoms with Crippen LogP contribution in [0.25, 0.3) is 0 Å². The third-order valence-electron chi connectivity index (χ3n) is 2.15. The van der Waals surface area contributed by atoms with E-state index >= 15 is 0 Å². The molecule has 5 nitrogen and oxygen atoms in total. The lowest BCUT2D eigenvalue weighted by atomic mass is 10.4. The van der Waals surface area contributed by atoms with Crippen LogP contribution in [0, 0.1) is 0 Å². The van der Waals surface area contributed by atoms with E-state index in [1.165, 1.54) is 36.9 Å². The Morgan fingerprint density at radius 1 is 1.59 bits per heavy atom. The summed E-state index contributed by atoms with van der Waals surface area (Å²) in [5.74, 6) is 0.